The number of aliphatic carboxylic acids is 1. The largest absolute Gasteiger partial charge is 0.481 e. The van der Waals surface area contributed by atoms with Crippen LogP contribution in [0.15, 0.2) is 0 Å². The third-order valence-electron chi connectivity index (χ3n) is 6.34. The highest BCUT2D eigenvalue weighted by Crippen LogP contribution is 2.25. The van der Waals surface area contributed by atoms with Gasteiger partial charge in [0, 0.05) is 0 Å². The quantitative estimate of drug-likeness (QED) is 0.196. The first kappa shape index (κ1) is 27.5. The zero-order valence-electron chi connectivity index (χ0n) is 19.8. The predicted octanol–water partition coefficient (Wildman–Crippen LogP) is 9.02. The van der Waals surface area contributed by atoms with Gasteiger partial charge in [-0.05, 0) is 24.7 Å². The lowest BCUT2D eigenvalue weighted by Gasteiger charge is -2.19. The highest BCUT2D eigenvalue weighted by Gasteiger charge is 2.21. The minimum atomic E-state index is -0.566. The van der Waals surface area contributed by atoms with E-state index in [2.05, 4.69) is 27.7 Å². The Balaban J connectivity index is 3.59. The molecular formula is C26H52O2. The van der Waals surface area contributed by atoms with Crippen LogP contribution in [0.3, 0.4) is 0 Å². The molecule has 0 saturated heterocycles. The van der Waals surface area contributed by atoms with Gasteiger partial charge in [0.1, 0.15) is 0 Å². The van der Waals surface area contributed by atoms with E-state index in [-0.39, 0.29) is 5.92 Å². The summed E-state index contributed by atoms with van der Waals surface area (Å²) < 4.78 is 0. The molecule has 0 aliphatic carbocycles. The van der Waals surface area contributed by atoms with Gasteiger partial charge in [-0.2, -0.15) is 0 Å². The van der Waals surface area contributed by atoms with Crippen LogP contribution in [0.25, 0.3) is 0 Å². The highest BCUT2D eigenvalue weighted by atomic mass is 16.4. The first-order chi connectivity index (χ1) is 13.5. The predicted molar refractivity (Wildman–Crippen MR) is 124 cm³/mol. The molecule has 0 radical (unpaired) electrons. The molecule has 0 rings (SSSR count). The number of unbranched alkanes of at least 4 members (excludes halogenated alkanes) is 11. The van der Waals surface area contributed by atoms with E-state index >= 15 is 0 Å². The average molecular weight is 397 g/mol. The topological polar surface area (TPSA) is 37.3 Å². The van der Waals surface area contributed by atoms with Crippen molar-refractivity contribution in [2.24, 2.45) is 17.8 Å². The van der Waals surface area contributed by atoms with Gasteiger partial charge in [-0.25, -0.2) is 0 Å². The van der Waals surface area contributed by atoms with Gasteiger partial charge in [0.2, 0.25) is 0 Å². The number of hydrogen-bond donors (Lipinski definition) is 1. The molecule has 168 valence electrons. The molecule has 0 heterocycles. The molecule has 1 N–H and O–H groups in total. The maximum atomic E-state index is 11.6. The number of carboxylic acids is 1. The second kappa shape index (κ2) is 19.8. The highest BCUT2D eigenvalue weighted by molar-refractivity contribution is 5.69. The van der Waals surface area contributed by atoms with Crippen LogP contribution in [-0.4, -0.2) is 11.1 Å². The van der Waals surface area contributed by atoms with Crippen molar-refractivity contribution >= 4 is 5.97 Å². The summed E-state index contributed by atoms with van der Waals surface area (Å²) in [6, 6.07) is 0. The molecule has 2 unspecified atom stereocenters. The van der Waals surface area contributed by atoms with E-state index in [1.54, 1.807) is 0 Å². The van der Waals surface area contributed by atoms with Gasteiger partial charge >= 0.3 is 5.97 Å². The van der Waals surface area contributed by atoms with Gasteiger partial charge in [-0.3, -0.25) is 4.79 Å². The average Bonchev–Trinajstić information content (AvgIpc) is 2.66. The van der Waals surface area contributed by atoms with Crippen LogP contribution in [0.2, 0.25) is 0 Å². The van der Waals surface area contributed by atoms with Crippen molar-refractivity contribution in [3.8, 4) is 0 Å². The summed E-state index contributed by atoms with van der Waals surface area (Å²) in [4.78, 5) is 11.6. The fourth-order valence-electron chi connectivity index (χ4n) is 4.26. The standard InChI is InChI=1S/C26H52O2/c1-5-7-20-24(6-2)22-25(26(27)28)21-18-16-14-12-10-8-9-11-13-15-17-19-23(3)4/h23-25H,5-22H2,1-4H3,(H,27,28). The van der Waals surface area contributed by atoms with E-state index in [0.29, 0.717) is 5.92 Å². The molecule has 0 saturated carbocycles. The Morgan fingerprint density at radius 1 is 0.679 bits per heavy atom. The van der Waals surface area contributed by atoms with Crippen LogP contribution in [0.5, 0.6) is 0 Å². The lowest BCUT2D eigenvalue weighted by molar-refractivity contribution is -0.142. The number of carboxylic acid groups (broad SMARTS) is 1. The van der Waals surface area contributed by atoms with Gasteiger partial charge in [-0.15, -0.1) is 0 Å². The van der Waals surface area contributed by atoms with E-state index in [1.807, 2.05) is 0 Å². The number of hydrogen-bond acceptors (Lipinski definition) is 1. The molecule has 0 fully saturated rings. The molecule has 0 aliphatic heterocycles. The minimum Gasteiger partial charge on any atom is -0.481 e. The monoisotopic (exact) mass is 396 g/mol. The van der Waals surface area contributed by atoms with Crippen molar-refractivity contribution in [1.29, 1.82) is 0 Å². The Labute approximate surface area is 177 Å². The van der Waals surface area contributed by atoms with E-state index in [0.717, 1.165) is 31.6 Å². The van der Waals surface area contributed by atoms with Gasteiger partial charge in [0.15, 0.2) is 0 Å². The van der Waals surface area contributed by atoms with Gasteiger partial charge in [-0.1, -0.05) is 130 Å². The van der Waals surface area contributed by atoms with Crippen molar-refractivity contribution in [1.82, 2.24) is 0 Å². The first-order valence-corrected chi connectivity index (χ1v) is 12.7. The molecule has 0 amide bonds. The second-order valence-corrected chi connectivity index (χ2v) is 9.55. The smallest absolute Gasteiger partial charge is 0.306 e. The second-order valence-electron chi connectivity index (χ2n) is 9.55. The zero-order valence-corrected chi connectivity index (χ0v) is 19.8. The molecule has 0 aromatic heterocycles. The lowest BCUT2D eigenvalue weighted by atomic mass is 9.86. The minimum absolute atomic E-state index is 0.113. The molecule has 0 aliphatic rings. The van der Waals surface area contributed by atoms with E-state index in [1.165, 1.54) is 89.9 Å². The van der Waals surface area contributed by atoms with Crippen LogP contribution < -0.4 is 0 Å². The Hall–Kier alpha value is -0.530. The Morgan fingerprint density at radius 3 is 1.54 bits per heavy atom. The summed E-state index contributed by atoms with van der Waals surface area (Å²) in [6.07, 6.45) is 22.7. The van der Waals surface area contributed by atoms with Crippen LogP contribution >= 0.6 is 0 Å². The molecule has 0 aromatic carbocycles. The number of carbonyl (C=O) groups is 1. The molecule has 2 atom stereocenters. The zero-order chi connectivity index (χ0) is 21.0. The van der Waals surface area contributed by atoms with Crippen LogP contribution in [0, 0.1) is 17.8 Å². The van der Waals surface area contributed by atoms with E-state index in [9.17, 15) is 9.90 Å². The third-order valence-corrected chi connectivity index (χ3v) is 6.34. The van der Waals surface area contributed by atoms with Gasteiger partial charge < -0.3 is 5.11 Å². The summed E-state index contributed by atoms with van der Waals surface area (Å²) >= 11 is 0. The number of rotatable bonds is 21. The van der Waals surface area contributed by atoms with Crippen LogP contribution in [-0.2, 0) is 4.79 Å². The van der Waals surface area contributed by atoms with Crippen molar-refractivity contribution in [3.63, 3.8) is 0 Å². The van der Waals surface area contributed by atoms with Crippen molar-refractivity contribution in [2.75, 3.05) is 0 Å². The molecule has 0 aromatic rings. The maximum Gasteiger partial charge on any atom is 0.306 e. The van der Waals surface area contributed by atoms with Gasteiger partial charge in [0.25, 0.3) is 0 Å². The van der Waals surface area contributed by atoms with Crippen molar-refractivity contribution in [2.45, 2.75) is 143 Å². The lowest BCUT2D eigenvalue weighted by Crippen LogP contribution is -2.18. The molecule has 0 spiro atoms. The molecule has 28 heavy (non-hydrogen) atoms. The Morgan fingerprint density at radius 2 is 1.14 bits per heavy atom. The molecule has 2 heteroatoms. The summed E-state index contributed by atoms with van der Waals surface area (Å²) in [7, 11) is 0. The normalized spacial score (nSPS) is 13.8. The Kier molecular flexibility index (Phi) is 19.4. The summed E-state index contributed by atoms with van der Waals surface area (Å²) in [5.41, 5.74) is 0. The first-order valence-electron chi connectivity index (χ1n) is 12.7. The summed E-state index contributed by atoms with van der Waals surface area (Å²) in [5, 5.41) is 9.55. The molecular weight excluding hydrogens is 344 g/mol. The van der Waals surface area contributed by atoms with Crippen molar-refractivity contribution in [3.05, 3.63) is 0 Å². The van der Waals surface area contributed by atoms with Crippen LogP contribution in [0.1, 0.15) is 143 Å². The Bertz CT molecular complexity index is 337. The fraction of sp³-hybridized carbons (Fsp3) is 0.962. The van der Waals surface area contributed by atoms with E-state index < -0.39 is 5.97 Å². The third kappa shape index (κ3) is 17.6. The molecule has 0 bridgehead atoms. The summed E-state index contributed by atoms with van der Waals surface area (Å²) in [5.74, 6) is 0.784. The fourth-order valence-corrected chi connectivity index (χ4v) is 4.26. The summed E-state index contributed by atoms with van der Waals surface area (Å²) in [6.45, 7) is 9.06. The van der Waals surface area contributed by atoms with Crippen molar-refractivity contribution < 1.29 is 9.90 Å². The SMILES string of the molecule is CCCCC(CC)CC(CCCCCCCCCCCCCC(C)C)C(=O)O. The van der Waals surface area contributed by atoms with Crippen LogP contribution in [0.4, 0.5) is 0 Å². The van der Waals surface area contributed by atoms with Gasteiger partial charge in [0.05, 0.1) is 5.92 Å². The van der Waals surface area contributed by atoms with E-state index in [4.69, 9.17) is 0 Å². The maximum absolute atomic E-state index is 11.6. The molecule has 2 nitrogen and oxygen atoms in total.